The highest BCUT2D eigenvalue weighted by Crippen LogP contribution is 2.39. The molecule has 1 aliphatic rings. The number of amides is 1. The lowest BCUT2D eigenvalue weighted by molar-refractivity contribution is -0.115. The third-order valence-electron chi connectivity index (χ3n) is 4.41. The lowest BCUT2D eigenvalue weighted by Gasteiger charge is -2.12. The molecule has 0 aliphatic heterocycles. The molecule has 0 saturated heterocycles. The number of nitrogens with one attached hydrogen (secondary N) is 2. The molecule has 0 aromatic carbocycles. The van der Waals surface area contributed by atoms with Gasteiger partial charge in [0.1, 0.15) is 16.5 Å². The summed E-state index contributed by atoms with van der Waals surface area (Å²) in [5, 5.41) is 6.61. The second kappa shape index (κ2) is 8.05. The van der Waals surface area contributed by atoms with Crippen LogP contribution < -0.4 is 10.6 Å². The Morgan fingerprint density at radius 1 is 1.35 bits per heavy atom. The van der Waals surface area contributed by atoms with Gasteiger partial charge in [0.15, 0.2) is 0 Å². The number of rotatable bonds is 7. The molecular weight excluding hydrogens is 352 g/mol. The van der Waals surface area contributed by atoms with Crippen LogP contribution in [0.15, 0.2) is 16.5 Å². The Balaban J connectivity index is 1.65. The van der Waals surface area contributed by atoms with Crippen molar-refractivity contribution in [3.8, 4) is 0 Å². The molecule has 0 radical (unpaired) electrons. The average molecular weight is 376 g/mol. The highest BCUT2D eigenvalue weighted by Gasteiger charge is 2.28. The molecule has 2 aromatic rings. The van der Waals surface area contributed by atoms with Crippen molar-refractivity contribution in [1.82, 2.24) is 5.32 Å². The Hall–Kier alpha value is -2.12. The lowest BCUT2D eigenvalue weighted by Crippen LogP contribution is -2.30. The standard InChI is InChI=1S/C19H24N2O4S/c1-4-24-19(23)17-13-6-5-7-15(13)26-18(17)21-16(22)10-20-12(3)14-9-8-11(2)25-14/h8-9,12,20H,4-7,10H2,1-3H3,(H,21,22). The maximum Gasteiger partial charge on any atom is 0.341 e. The van der Waals surface area contributed by atoms with Gasteiger partial charge in [-0.05, 0) is 57.7 Å². The number of hydrogen-bond donors (Lipinski definition) is 2. The fourth-order valence-corrected chi connectivity index (χ4v) is 4.41. The molecule has 2 heterocycles. The Morgan fingerprint density at radius 2 is 2.15 bits per heavy atom. The summed E-state index contributed by atoms with van der Waals surface area (Å²) in [7, 11) is 0. The van der Waals surface area contributed by atoms with Crippen molar-refractivity contribution < 1.29 is 18.7 Å². The molecule has 1 atom stereocenters. The van der Waals surface area contributed by atoms with Gasteiger partial charge in [0.05, 0.1) is 24.8 Å². The van der Waals surface area contributed by atoms with Gasteiger partial charge in [-0.3, -0.25) is 10.1 Å². The van der Waals surface area contributed by atoms with E-state index in [1.54, 1.807) is 6.92 Å². The molecule has 1 aliphatic carbocycles. The van der Waals surface area contributed by atoms with Crippen molar-refractivity contribution in [3.05, 3.63) is 39.7 Å². The molecule has 6 nitrogen and oxygen atoms in total. The number of thiophene rings is 1. The monoisotopic (exact) mass is 376 g/mol. The minimum Gasteiger partial charge on any atom is -0.465 e. The quantitative estimate of drug-likeness (QED) is 0.722. The van der Waals surface area contributed by atoms with Gasteiger partial charge in [0.25, 0.3) is 0 Å². The zero-order valence-electron chi connectivity index (χ0n) is 15.3. The van der Waals surface area contributed by atoms with Crippen LogP contribution in [0, 0.1) is 6.92 Å². The highest BCUT2D eigenvalue weighted by atomic mass is 32.1. The first kappa shape index (κ1) is 18.7. The van der Waals surface area contributed by atoms with Crippen LogP contribution in [0.4, 0.5) is 5.00 Å². The molecule has 3 rings (SSSR count). The summed E-state index contributed by atoms with van der Waals surface area (Å²) < 4.78 is 10.7. The van der Waals surface area contributed by atoms with E-state index in [0.29, 0.717) is 17.2 Å². The van der Waals surface area contributed by atoms with Crippen LogP contribution in [-0.2, 0) is 22.4 Å². The third kappa shape index (κ3) is 3.99. The number of anilines is 1. The Labute approximate surface area is 156 Å². The number of ether oxygens (including phenoxy) is 1. The predicted octanol–water partition coefficient (Wildman–Crippen LogP) is 3.60. The van der Waals surface area contributed by atoms with E-state index in [1.807, 2.05) is 26.0 Å². The second-order valence-electron chi connectivity index (χ2n) is 6.38. The van der Waals surface area contributed by atoms with Gasteiger partial charge in [-0.1, -0.05) is 0 Å². The van der Waals surface area contributed by atoms with Crippen LogP contribution in [0.5, 0.6) is 0 Å². The summed E-state index contributed by atoms with van der Waals surface area (Å²) in [6.45, 7) is 6.06. The number of aryl methyl sites for hydroxylation is 2. The molecule has 0 saturated carbocycles. The SMILES string of the molecule is CCOC(=O)c1c(NC(=O)CNC(C)c2ccc(C)o2)sc2c1CCC2. The fourth-order valence-electron chi connectivity index (χ4n) is 3.11. The molecule has 0 spiro atoms. The van der Waals surface area contributed by atoms with Crippen molar-refractivity contribution in [2.24, 2.45) is 0 Å². The van der Waals surface area contributed by atoms with Gasteiger partial charge < -0.3 is 14.5 Å². The van der Waals surface area contributed by atoms with Crippen molar-refractivity contribution in [1.29, 1.82) is 0 Å². The number of carbonyl (C=O) groups is 2. The van der Waals surface area contributed by atoms with E-state index in [9.17, 15) is 9.59 Å². The molecule has 140 valence electrons. The molecule has 2 N–H and O–H groups in total. The molecule has 7 heteroatoms. The maximum absolute atomic E-state index is 12.4. The Morgan fingerprint density at radius 3 is 2.85 bits per heavy atom. The molecule has 0 fully saturated rings. The van der Waals surface area contributed by atoms with Crippen molar-refractivity contribution in [2.75, 3.05) is 18.5 Å². The average Bonchev–Trinajstić information content (AvgIpc) is 3.28. The van der Waals surface area contributed by atoms with Crippen molar-refractivity contribution in [2.45, 2.75) is 46.1 Å². The smallest absolute Gasteiger partial charge is 0.341 e. The van der Waals surface area contributed by atoms with E-state index in [-0.39, 0.29) is 24.5 Å². The normalized spacial score (nSPS) is 14.1. The van der Waals surface area contributed by atoms with Gasteiger partial charge in [-0.2, -0.15) is 0 Å². The van der Waals surface area contributed by atoms with E-state index in [4.69, 9.17) is 9.15 Å². The minimum atomic E-state index is -0.352. The van der Waals surface area contributed by atoms with Crippen molar-refractivity contribution >= 4 is 28.2 Å². The van der Waals surface area contributed by atoms with Crippen LogP contribution in [0.2, 0.25) is 0 Å². The first-order valence-corrected chi connectivity index (χ1v) is 9.72. The van der Waals surface area contributed by atoms with Crippen LogP contribution in [-0.4, -0.2) is 25.0 Å². The van der Waals surface area contributed by atoms with Crippen LogP contribution >= 0.6 is 11.3 Å². The number of hydrogen-bond acceptors (Lipinski definition) is 6. The van der Waals surface area contributed by atoms with Gasteiger partial charge in [0.2, 0.25) is 5.91 Å². The summed E-state index contributed by atoms with van der Waals surface area (Å²) in [6, 6.07) is 3.72. The van der Waals surface area contributed by atoms with Gasteiger partial charge >= 0.3 is 5.97 Å². The van der Waals surface area contributed by atoms with E-state index >= 15 is 0 Å². The third-order valence-corrected chi connectivity index (χ3v) is 5.62. The summed E-state index contributed by atoms with van der Waals surface area (Å²) in [5.41, 5.74) is 1.57. The fraction of sp³-hybridized carbons (Fsp3) is 0.474. The summed E-state index contributed by atoms with van der Waals surface area (Å²) in [6.07, 6.45) is 2.86. The molecule has 1 amide bonds. The van der Waals surface area contributed by atoms with Gasteiger partial charge in [-0.25, -0.2) is 4.79 Å². The summed E-state index contributed by atoms with van der Waals surface area (Å²) >= 11 is 1.49. The van der Waals surface area contributed by atoms with E-state index in [2.05, 4.69) is 10.6 Å². The molecule has 1 unspecified atom stereocenters. The van der Waals surface area contributed by atoms with Crippen molar-refractivity contribution in [3.63, 3.8) is 0 Å². The Bertz CT molecular complexity index is 809. The minimum absolute atomic E-state index is 0.0766. The Kier molecular flexibility index (Phi) is 5.78. The van der Waals surface area contributed by atoms with Gasteiger partial charge in [0, 0.05) is 4.88 Å². The number of esters is 1. The van der Waals surface area contributed by atoms with Crippen LogP contribution in [0.25, 0.3) is 0 Å². The maximum atomic E-state index is 12.4. The molecule has 2 aromatic heterocycles. The zero-order chi connectivity index (χ0) is 18.7. The highest BCUT2D eigenvalue weighted by molar-refractivity contribution is 7.17. The first-order chi connectivity index (χ1) is 12.5. The first-order valence-electron chi connectivity index (χ1n) is 8.90. The summed E-state index contributed by atoms with van der Waals surface area (Å²) in [5.74, 6) is 1.09. The zero-order valence-corrected chi connectivity index (χ0v) is 16.1. The number of furan rings is 1. The molecular formula is C19H24N2O4S. The van der Waals surface area contributed by atoms with E-state index in [0.717, 1.165) is 36.3 Å². The van der Waals surface area contributed by atoms with Crippen LogP contribution in [0.3, 0.4) is 0 Å². The molecule has 0 bridgehead atoms. The van der Waals surface area contributed by atoms with Crippen LogP contribution in [0.1, 0.15) is 58.6 Å². The molecule has 26 heavy (non-hydrogen) atoms. The van der Waals surface area contributed by atoms with E-state index in [1.165, 1.54) is 16.2 Å². The number of carbonyl (C=O) groups excluding carboxylic acids is 2. The van der Waals surface area contributed by atoms with E-state index < -0.39 is 0 Å². The number of fused-ring (bicyclic) bond motifs is 1. The lowest BCUT2D eigenvalue weighted by atomic mass is 10.1. The topological polar surface area (TPSA) is 80.6 Å². The van der Waals surface area contributed by atoms with Gasteiger partial charge in [-0.15, -0.1) is 11.3 Å². The summed E-state index contributed by atoms with van der Waals surface area (Å²) in [4.78, 5) is 25.9. The second-order valence-corrected chi connectivity index (χ2v) is 7.49. The largest absolute Gasteiger partial charge is 0.465 e. The predicted molar refractivity (Wildman–Crippen MR) is 101 cm³/mol.